The number of ether oxygens (including phenoxy) is 2. The number of thioether (sulfide) groups is 1. The maximum atomic E-state index is 13.5. The van der Waals surface area contributed by atoms with Crippen LogP contribution in [0.25, 0.3) is 0 Å². The Morgan fingerprint density at radius 1 is 1.06 bits per heavy atom. The van der Waals surface area contributed by atoms with Gasteiger partial charge in [0.15, 0.2) is 23.7 Å². The Balaban J connectivity index is 1.24. The van der Waals surface area contributed by atoms with E-state index in [1.807, 2.05) is 0 Å². The summed E-state index contributed by atoms with van der Waals surface area (Å²) in [7, 11) is 0. The van der Waals surface area contributed by atoms with Crippen molar-refractivity contribution in [1.29, 1.82) is 0 Å². The fraction of sp³-hybridized carbons (Fsp3) is 0.480. The van der Waals surface area contributed by atoms with Crippen molar-refractivity contribution in [3.63, 3.8) is 0 Å². The number of halogens is 4. The largest absolute Gasteiger partial charge is 0.353 e. The third kappa shape index (κ3) is 5.10. The van der Waals surface area contributed by atoms with Gasteiger partial charge in [-0.25, -0.2) is 13.2 Å². The van der Waals surface area contributed by atoms with Crippen LogP contribution in [-0.2, 0) is 9.47 Å². The number of hydrogen-bond acceptors (Lipinski definition) is 4. The second kappa shape index (κ2) is 10.1. The van der Waals surface area contributed by atoms with Crippen molar-refractivity contribution in [3.05, 3.63) is 58.4 Å². The van der Waals surface area contributed by atoms with Crippen LogP contribution in [0.3, 0.4) is 0 Å². The zero-order chi connectivity index (χ0) is 23.8. The lowest BCUT2D eigenvalue weighted by Crippen LogP contribution is -2.36. The monoisotopic (exact) mass is 511 g/mol. The van der Waals surface area contributed by atoms with Crippen LogP contribution in [0, 0.1) is 29.3 Å². The molecular formula is C25H25ClF3NO3S. The summed E-state index contributed by atoms with van der Waals surface area (Å²) in [5.41, 5.74) is 0.141. The molecule has 2 aliphatic carbocycles. The van der Waals surface area contributed by atoms with Crippen molar-refractivity contribution in [1.82, 2.24) is 0 Å². The van der Waals surface area contributed by atoms with E-state index in [1.54, 1.807) is 30.0 Å². The molecular weight excluding hydrogens is 487 g/mol. The molecule has 4 nitrogen and oxygen atoms in total. The van der Waals surface area contributed by atoms with Gasteiger partial charge in [0, 0.05) is 46.6 Å². The highest BCUT2D eigenvalue weighted by Gasteiger charge is 2.45. The van der Waals surface area contributed by atoms with Gasteiger partial charge >= 0.3 is 0 Å². The van der Waals surface area contributed by atoms with Gasteiger partial charge in [-0.1, -0.05) is 11.6 Å². The van der Waals surface area contributed by atoms with Crippen molar-refractivity contribution >= 4 is 35.0 Å². The lowest BCUT2D eigenvalue weighted by Gasteiger charge is -2.36. The summed E-state index contributed by atoms with van der Waals surface area (Å²) >= 11 is 8.09. The molecule has 1 heterocycles. The average molecular weight is 512 g/mol. The number of fused-ring (bicyclic) bond motifs is 2. The van der Waals surface area contributed by atoms with Crippen molar-refractivity contribution in [3.8, 4) is 0 Å². The van der Waals surface area contributed by atoms with Gasteiger partial charge in [-0.15, -0.1) is 11.8 Å². The first-order valence-corrected chi connectivity index (χ1v) is 12.8. The van der Waals surface area contributed by atoms with E-state index >= 15 is 0 Å². The zero-order valence-electron chi connectivity index (χ0n) is 18.4. The molecule has 1 amide bonds. The lowest BCUT2D eigenvalue weighted by molar-refractivity contribution is -0.168. The smallest absolute Gasteiger partial charge is 0.255 e. The van der Waals surface area contributed by atoms with Gasteiger partial charge in [-0.3, -0.25) is 4.79 Å². The van der Waals surface area contributed by atoms with E-state index < -0.39 is 23.4 Å². The molecule has 0 radical (unpaired) electrons. The highest BCUT2D eigenvalue weighted by atomic mass is 35.5. The first-order chi connectivity index (χ1) is 16.4. The van der Waals surface area contributed by atoms with E-state index in [2.05, 4.69) is 5.32 Å². The van der Waals surface area contributed by atoms with Crippen molar-refractivity contribution in [2.75, 3.05) is 11.9 Å². The molecule has 0 aromatic heterocycles. The van der Waals surface area contributed by atoms with Crippen LogP contribution in [0.1, 0.15) is 48.9 Å². The molecule has 2 aromatic rings. The minimum atomic E-state index is -1.58. The van der Waals surface area contributed by atoms with Gasteiger partial charge in [0.1, 0.15) is 0 Å². The maximum Gasteiger partial charge on any atom is 0.255 e. The number of hydrogen-bond donors (Lipinski definition) is 1. The molecule has 2 saturated carbocycles. The molecule has 1 N–H and O–H groups in total. The van der Waals surface area contributed by atoms with Gasteiger partial charge in [0.25, 0.3) is 5.91 Å². The first kappa shape index (κ1) is 24.0. The third-order valence-electron chi connectivity index (χ3n) is 6.89. The molecule has 182 valence electrons. The summed E-state index contributed by atoms with van der Waals surface area (Å²) in [5.74, 6) is -3.87. The summed E-state index contributed by atoms with van der Waals surface area (Å²) in [6, 6.07) is 6.37. The molecule has 0 spiro atoms. The molecule has 1 saturated heterocycles. The number of anilines is 1. The van der Waals surface area contributed by atoms with E-state index in [0.717, 1.165) is 62.2 Å². The predicted molar refractivity (Wildman–Crippen MR) is 125 cm³/mol. The predicted octanol–water partition coefficient (Wildman–Crippen LogP) is 6.81. The number of rotatable bonds is 6. The Morgan fingerprint density at radius 3 is 2.41 bits per heavy atom. The minimum Gasteiger partial charge on any atom is -0.353 e. The number of nitrogens with one attached hydrogen (secondary N) is 1. The highest BCUT2D eigenvalue weighted by Crippen LogP contribution is 2.50. The van der Waals surface area contributed by atoms with E-state index in [9.17, 15) is 18.0 Å². The fourth-order valence-corrected chi connectivity index (χ4v) is 6.98. The van der Waals surface area contributed by atoms with Crippen LogP contribution in [-0.4, -0.2) is 30.2 Å². The minimum absolute atomic E-state index is 0.0648. The van der Waals surface area contributed by atoms with Crippen molar-refractivity contribution in [2.45, 2.75) is 61.1 Å². The fourth-order valence-electron chi connectivity index (χ4n) is 5.31. The zero-order valence-corrected chi connectivity index (χ0v) is 19.9. The molecule has 5 atom stereocenters. The summed E-state index contributed by atoms with van der Waals surface area (Å²) in [6.07, 6.45) is 6.54. The van der Waals surface area contributed by atoms with Gasteiger partial charge in [-0.05, 0) is 62.1 Å². The third-order valence-corrected chi connectivity index (χ3v) is 8.65. The summed E-state index contributed by atoms with van der Waals surface area (Å²) in [6.45, 7) is 0.776. The topological polar surface area (TPSA) is 47.6 Å². The van der Waals surface area contributed by atoms with Crippen LogP contribution < -0.4 is 5.32 Å². The molecule has 9 heteroatoms. The van der Waals surface area contributed by atoms with E-state index in [-0.39, 0.29) is 18.1 Å². The summed E-state index contributed by atoms with van der Waals surface area (Å²) in [4.78, 5) is 13.5. The van der Waals surface area contributed by atoms with Gasteiger partial charge in [0.05, 0.1) is 11.1 Å². The van der Waals surface area contributed by atoms with Crippen LogP contribution >= 0.6 is 23.4 Å². The Labute approximate surface area is 205 Å². The Kier molecular flexibility index (Phi) is 7.12. The number of carbonyl (C=O) groups is 1. The Morgan fingerprint density at radius 2 is 1.76 bits per heavy atom. The van der Waals surface area contributed by atoms with Gasteiger partial charge in [-0.2, -0.15) is 0 Å². The van der Waals surface area contributed by atoms with Crippen molar-refractivity contribution in [2.24, 2.45) is 11.8 Å². The maximum absolute atomic E-state index is 13.5. The van der Waals surface area contributed by atoms with Crippen LogP contribution in [0.2, 0.25) is 5.02 Å². The lowest BCUT2D eigenvalue weighted by atomic mass is 9.86. The molecule has 2 unspecified atom stereocenters. The molecule has 2 aromatic carbocycles. The van der Waals surface area contributed by atoms with Gasteiger partial charge < -0.3 is 14.8 Å². The molecule has 3 aliphatic rings. The van der Waals surface area contributed by atoms with Gasteiger partial charge in [0.2, 0.25) is 0 Å². The summed E-state index contributed by atoms with van der Waals surface area (Å²) in [5, 5.41) is 3.32. The number of carbonyl (C=O) groups excluding carboxylic acids is 1. The number of amides is 1. The molecule has 1 aliphatic heterocycles. The highest BCUT2D eigenvalue weighted by molar-refractivity contribution is 8.00. The quantitative estimate of drug-likeness (QED) is 0.433. The second-order valence-corrected chi connectivity index (χ2v) is 11.0. The molecule has 2 bridgehead atoms. The molecule has 3 fully saturated rings. The van der Waals surface area contributed by atoms with E-state index in [1.165, 1.54) is 0 Å². The standard InChI is InChI=1S/C25H25ClF3NO3S/c26-18-6-5-15(25(31)30-16-11-19(27)23(29)20(28)12-16)10-21(18)34-17-8-13-3-4-14(9-17)24(13)33-22-2-1-7-32-22/h5-6,10-14,17,22,24H,1-4,7-9H2,(H,30,31)/t13-,14?,17-,22?,24-/m0/s1. The summed E-state index contributed by atoms with van der Waals surface area (Å²) < 4.78 is 52.1. The van der Waals surface area contributed by atoms with E-state index in [4.69, 9.17) is 21.1 Å². The van der Waals surface area contributed by atoms with E-state index in [0.29, 0.717) is 27.7 Å². The molecule has 34 heavy (non-hydrogen) atoms. The molecule has 5 rings (SSSR count). The Hall–Kier alpha value is -1.74. The van der Waals surface area contributed by atoms with Crippen LogP contribution in [0.15, 0.2) is 35.2 Å². The second-order valence-electron chi connectivity index (χ2n) is 9.21. The van der Waals surface area contributed by atoms with Crippen molar-refractivity contribution < 1.29 is 27.4 Å². The Bertz CT molecular complexity index is 1040. The van der Waals surface area contributed by atoms with Crippen LogP contribution in [0.5, 0.6) is 0 Å². The average Bonchev–Trinajstić information content (AvgIpc) is 3.39. The number of benzene rings is 2. The normalized spacial score (nSPS) is 28.3. The van der Waals surface area contributed by atoms with Crippen LogP contribution in [0.4, 0.5) is 18.9 Å². The first-order valence-electron chi connectivity index (χ1n) is 11.6. The SMILES string of the molecule is O=C(Nc1cc(F)c(F)c(F)c1)c1ccc(Cl)c(S[C@@H]2CC3CC[C@@H](C2)[C@@H]3OC2CCCO2)c1.